The number of aryl methyl sites for hydroxylation is 1. The van der Waals surface area contributed by atoms with Gasteiger partial charge in [0.05, 0.1) is 6.26 Å². The van der Waals surface area contributed by atoms with Crippen LogP contribution in [0.2, 0.25) is 0 Å². The molecule has 25 heavy (non-hydrogen) atoms. The molecule has 7 nitrogen and oxygen atoms in total. The van der Waals surface area contributed by atoms with Crippen LogP contribution in [0.25, 0.3) is 17.4 Å². The van der Waals surface area contributed by atoms with Crippen molar-refractivity contribution in [1.29, 1.82) is 0 Å². The molecule has 0 spiro atoms. The number of carbonyl (C=O) groups is 1. The molecular weight excluding hydrogens is 318 g/mol. The van der Waals surface area contributed by atoms with Gasteiger partial charge in [0, 0.05) is 23.0 Å². The van der Waals surface area contributed by atoms with Gasteiger partial charge in [0.25, 0.3) is 5.78 Å². The minimum atomic E-state index is 0.0144. The van der Waals surface area contributed by atoms with Crippen LogP contribution in [0.1, 0.15) is 23.0 Å². The van der Waals surface area contributed by atoms with E-state index >= 15 is 0 Å². The molecular formula is C18H15N5O2. The van der Waals surface area contributed by atoms with E-state index in [1.54, 1.807) is 42.0 Å². The Morgan fingerprint density at radius 3 is 2.80 bits per heavy atom. The number of anilines is 2. The fraction of sp³-hybridized carbons (Fsp3) is 0.111. The standard InChI is InChI=1S/C18H15N5O2/c1-11-9-16(20-14-6-3-5-13(10-14)12(2)24)23-18(19-11)21-17(22-23)15-7-4-8-25-15/h3-10,20H,1-2H3. The van der Waals surface area contributed by atoms with E-state index in [0.717, 1.165) is 11.4 Å². The van der Waals surface area contributed by atoms with Crippen molar-refractivity contribution in [3.05, 3.63) is 60.0 Å². The fourth-order valence-electron chi connectivity index (χ4n) is 2.55. The third kappa shape index (κ3) is 2.87. The number of ketones is 1. The maximum Gasteiger partial charge on any atom is 0.255 e. The molecule has 0 saturated heterocycles. The zero-order valence-electron chi connectivity index (χ0n) is 13.7. The first-order valence-electron chi connectivity index (χ1n) is 7.76. The molecule has 0 fully saturated rings. The lowest BCUT2D eigenvalue weighted by atomic mass is 10.1. The van der Waals surface area contributed by atoms with E-state index < -0.39 is 0 Å². The molecule has 0 amide bonds. The lowest BCUT2D eigenvalue weighted by Crippen LogP contribution is -2.03. The molecule has 4 rings (SSSR count). The smallest absolute Gasteiger partial charge is 0.255 e. The summed E-state index contributed by atoms with van der Waals surface area (Å²) in [5.74, 6) is 2.22. The zero-order chi connectivity index (χ0) is 17.4. The molecule has 3 aromatic heterocycles. The summed E-state index contributed by atoms with van der Waals surface area (Å²) in [5.41, 5.74) is 2.23. The first kappa shape index (κ1) is 15.1. The van der Waals surface area contributed by atoms with E-state index in [2.05, 4.69) is 20.4 Å². The van der Waals surface area contributed by atoms with E-state index in [-0.39, 0.29) is 5.78 Å². The Kier molecular flexibility index (Phi) is 3.53. The van der Waals surface area contributed by atoms with Crippen LogP contribution >= 0.6 is 0 Å². The van der Waals surface area contributed by atoms with Crippen molar-refractivity contribution < 1.29 is 9.21 Å². The van der Waals surface area contributed by atoms with Gasteiger partial charge in [0.15, 0.2) is 11.5 Å². The summed E-state index contributed by atoms with van der Waals surface area (Å²) in [7, 11) is 0. The van der Waals surface area contributed by atoms with Crippen LogP contribution in [0.3, 0.4) is 0 Å². The second-order valence-corrected chi connectivity index (χ2v) is 5.67. The van der Waals surface area contributed by atoms with Crippen molar-refractivity contribution in [1.82, 2.24) is 19.6 Å². The summed E-state index contributed by atoms with van der Waals surface area (Å²) >= 11 is 0. The molecule has 0 aliphatic rings. The van der Waals surface area contributed by atoms with Gasteiger partial charge in [-0.15, -0.1) is 5.10 Å². The van der Waals surface area contributed by atoms with Crippen LogP contribution in [0.4, 0.5) is 11.5 Å². The molecule has 4 aromatic rings. The number of fused-ring (bicyclic) bond motifs is 1. The zero-order valence-corrected chi connectivity index (χ0v) is 13.7. The van der Waals surface area contributed by atoms with Crippen LogP contribution in [0.5, 0.6) is 0 Å². The van der Waals surface area contributed by atoms with Crippen LogP contribution in [0, 0.1) is 6.92 Å². The molecule has 0 radical (unpaired) electrons. The summed E-state index contributed by atoms with van der Waals surface area (Å²) in [4.78, 5) is 20.4. The topological polar surface area (TPSA) is 85.3 Å². The van der Waals surface area contributed by atoms with E-state index in [4.69, 9.17) is 4.42 Å². The summed E-state index contributed by atoms with van der Waals surface area (Å²) in [6.45, 7) is 3.43. The van der Waals surface area contributed by atoms with Crippen molar-refractivity contribution in [2.24, 2.45) is 0 Å². The Hall–Kier alpha value is -3.48. The van der Waals surface area contributed by atoms with Gasteiger partial charge in [0.1, 0.15) is 5.82 Å². The normalized spacial score (nSPS) is 11.0. The Morgan fingerprint density at radius 1 is 1.16 bits per heavy atom. The third-order valence-electron chi connectivity index (χ3n) is 3.72. The number of nitrogens with zero attached hydrogens (tertiary/aromatic N) is 4. The monoisotopic (exact) mass is 333 g/mol. The van der Waals surface area contributed by atoms with Gasteiger partial charge in [-0.25, -0.2) is 4.98 Å². The SMILES string of the molecule is CC(=O)c1cccc(Nc2cc(C)nc3nc(-c4ccco4)nn23)c1. The maximum atomic E-state index is 11.6. The third-order valence-corrected chi connectivity index (χ3v) is 3.72. The van der Waals surface area contributed by atoms with Gasteiger partial charge in [0.2, 0.25) is 5.82 Å². The molecule has 0 saturated carbocycles. The van der Waals surface area contributed by atoms with Gasteiger partial charge in [-0.05, 0) is 38.1 Å². The second-order valence-electron chi connectivity index (χ2n) is 5.67. The van der Waals surface area contributed by atoms with Gasteiger partial charge >= 0.3 is 0 Å². The van der Waals surface area contributed by atoms with E-state index in [9.17, 15) is 4.79 Å². The van der Waals surface area contributed by atoms with E-state index in [1.807, 2.05) is 25.1 Å². The molecule has 3 heterocycles. The molecule has 7 heteroatoms. The van der Waals surface area contributed by atoms with Crippen LogP contribution in [0.15, 0.2) is 53.1 Å². The van der Waals surface area contributed by atoms with Crippen LogP contribution in [-0.2, 0) is 0 Å². The van der Waals surface area contributed by atoms with Gasteiger partial charge < -0.3 is 9.73 Å². The molecule has 1 aromatic carbocycles. The van der Waals surface area contributed by atoms with E-state index in [1.165, 1.54) is 0 Å². The number of furan rings is 1. The van der Waals surface area contributed by atoms with Crippen molar-refractivity contribution in [3.8, 4) is 11.6 Å². The second kappa shape index (κ2) is 5.86. The highest BCUT2D eigenvalue weighted by molar-refractivity contribution is 5.95. The quantitative estimate of drug-likeness (QED) is 0.574. The van der Waals surface area contributed by atoms with E-state index in [0.29, 0.717) is 28.7 Å². The van der Waals surface area contributed by atoms with Crippen molar-refractivity contribution in [3.63, 3.8) is 0 Å². The summed E-state index contributed by atoms with van der Waals surface area (Å²) in [6.07, 6.45) is 1.58. The first-order chi connectivity index (χ1) is 12.1. The Bertz CT molecular complexity index is 1070. The minimum absolute atomic E-state index is 0.0144. The predicted molar refractivity (Wildman–Crippen MR) is 93.0 cm³/mol. The molecule has 1 N–H and O–H groups in total. The predicted octanol–water partition coefficient (Wildman–Crippen LogP) is 3.64. The minimum Gasteiger partial charge on any atom is -0.461 e. The number of carbonyl (C=O) groups excluding carboxylic acids is 1. The highest BCUT2D eigenvalue weighted by Gasteiger charge is 2.13. The van der Waals surface area contributed by atoms with Crippen molar-refractivity contribution in [2.45, 2.75) is 13.8 Å². The first-order valence-corrected chi connectivity index (χ1v) is 7.76. The largest absolute Gasteiger partial charge is 0.461 e. The number of hydrogen-bond acceptors (Lipinski definition) is 6. The molecule has 0 bridgehead atoms. The Balaban J connectivity index is 1.78. The Labute approximate surface area is 143 Å². The summed E-state index contributed by atoms with van der Waals surface area (Å²) in [5, 5.41) is 7.75. The van der Waals surface area contributed by atoms with Gasteiger partial charge in [-0.2, -0.15) is 9.50 Å². The molecule has 0 unspecified atom stereocenters. The lowest BCUT2D eigenvalue weighted by Gasteiger charge is -2.09. The number of benzene rings is 1. The highest BCUT2D eigenvalue weighted by atomic mass is 16.3. The molecule has 0 aliphatic carbocycles. The summed E-state index contributed by atoms with van der Waals surface area (Å²) in [6, 6.07) is 12.8. The highest BCUT2D eigenvalue weighted by Crippen LogP contribution is 2.22. The average molecular weight is 333 g/mol. The molecule has 124 valence electrons. The number of nitrogens with one attached hydrogen (secondary N) is 1. The van der Waals surface area contributed by atoms with Crippen LogP contribution < -0.4 is 5.32 Å². The fourth-order valence-corrected chi connectivity index (χ4v) is 2.55. The number of Topliss-reactive ketones (excluding diaryl/α,β-unsaturated/α-hetero) is 1. The van der Waals surface area contributed by atoms with Crippen LogP contribution in [-0.4, -0.2) is 25.4 Å². The van der Waals surface area contributed by atoms with Crippen molar-refractivity contribution in [2.75, 3.05) is 5.32 Å². The Morgan fingerprint density at radius 2 is 2.04 bits per heavy atom. The lowest BCUT2D eigenvalue weighted by molar-refractivity contribution is 0.101. The van der Waals surface area contributed by atoms with Gasteiger partial charge in [-0.1, -0.05) is 12.1 Å². The average Bonchev–Trinajstić information content (AvgIpc) is 3.24. The maximum absolute atomic E-state index is 11.6. The van der Waals surface area contributed by atoms with Gasteiger partial charge in [-0.3, -0.25) is 4.79 Å². The number of hydrogen-bond donors (Lipinski definition) is 1. The van der Waals surface area contributed by atoms with Crippen molar-refractivity contribution >= 4 is 23.1 Å². The number of aromatic nitrogens is 4. The molecule has 0 atom stereocenters. The summed E-state index contributed by atoms with van der Waals surface area (Å²) < 4.78 is 6.97. The molecule has 0 aliphatic heterocycles. The number of rotatable bonds is 4.